The van der Waals surface area contributed by atoms with Crippen LogP contribution >= 0.6 is 49.9 Å². The summed E-state index contributed by atoms with van der Waals surface area (Å²) >= 11 is 6.96. The van der Waals surface area contributed by atoms with Crippen LogP contribution in [0.15, 0.2) is 92.3 Å². The average molecular weight is 745 g/mol. The summed E-state index contributed by atoms with van der Waals surface area (Å²) in [7, 11) is 2.94. The minimum absolute atomic E-state index is 0.254. The van der Waals surface area contributed by atoms with Crippen LogP contribution in [-0.2, 0) is 16.1 Å². The predicted octanol–water partition coefficient (Wildman–Crippen LogP) is 5.75. The number of hydrogen-bond acceptors (Lipinski definition) is 7. The average Bonchev–Trinajstić information content (AvgIpc) is 3.30. The molecule has 41 heavy (non-hydrogen) atoms. The predicted molar refractivity (Wildman–Crippen MR) is 171 cm³/mol. The lowest BCUT2D eigenvalue weighted by Gasteiger charge is -2.25. The third kappa shape index (κ3) is 6.05. The van der Waals surface area contributed by atoms with Gasteiger partial charge in [-0.1, -0.05) is 76.7 Å². The number of aromatic nitrogens is 1. The largest absolute Gasteiger partial charge is 0.493 e. The van der Waals surface area contributed by atoms with Crippen molar-refractivity contribution in [1.82, 2.24) is 4.57 Å². The molecule has 0 fully saturated rings. The molecule has 1 aromatic heterocycles. The highest BCUT2D eigenvalue weighted by molar-refractivity contribution is 14.1. The lowest BCUT2D eigenvalue weighted by Crippen LogP contribution is -2.40. The number of nitrogens with zero attached hydrogens (tertiary/aromatic N) is 2. The van der Waals surface area contributed by atoms with E-state index in [1.807, 2.05) is 73.7 Å². The summed E-state index contributed by atoms with van der Waals surface area (Å²) in [6, 6.07) is 20.5. The molecule has 4 aromatic rings. The van der Waals surface area contributed by atoms with Gasteiger partial charge in [-0.25, -0.2) is 9.79 Å². The van der Waals surface area contributed by atoms with E-state index in [1.165, 1.54) is 18.4 Å². The van der Waals surface area contributed by atoms with Gasteiger partial charge >= 0.3 is 5.97 Å². The molecule has 210 valence electrons. The number of fused-ring (bicyclic) bond motifs is 1. The highest BCUT2D eigenvalue weighted by atomic mass is 127. The van der Waals surface area contributed by atoms with Crippen LogP contribution in [0.25, 0.3) is 6.08 Å². The first-order valence-corrected chi connectivity index (χ1v) is 15.5. The second-order valence-electron chi connectivity index (χ2n) is 9.14. The molecule has 1 aliphatic rings. The molecule has 0 N–H and O–H groups in total. The number of ether oxygens (including phenoxy) is 3. The summed E-state index contributed by atoms with van der Waals surface area (Å²) in [6.07, 6.45) is 2.32. The number of carbonyl (C=O) groups is 1. The monoisotopic (exact) mass is 744 g/mol. The number of allylic oxidation sites excluding steroid dienone is 1. The van der Waals surface area contributed by atoms with E-state index in [2.05, 4.69) is 38.5 Å². The molecule has 2 heterocycles. The van der Waals surface area contributed by atoms with Crippen LogP contribution in [0, 0.1) is 3.57 Å². The molecule has 0 amide bonds. The molecule has 3 aromatic carbocycles. The molecule has 10 heteroatoms. The second kappa shape index (κ2) is 12.7. The van der Waals surface area contributed by atoms with Crippen molar-refractivity contribution in [2.45, 2.75) is 26.0 Å². The van der Waals surface area contributed by atoms with Crippen molar-refractivity contribution >= 4 is 61.9 Å². The third-order valence-corrected chi connectivity index (χ3v) is 8.75. The Morgan fingerprint density at radius 2 is 1.85 bits per heavy atom. The van der Waals surface area contributed by atoms with Crippen molar-refractivity contribution in [2.24, 2.45) is 4.99 Å². The van der Waals surface area contributed by atoms with Crippen molar-refractivity contribution in [3.63, 3.8) is 0 Å². The number of rotatable bonds is 8. The van der Waals surface area contributed by atoms with E-state index in [0.717, 1.165) is 19.2 Å². The molecule has 1 aliphatic heterocycles. The van der Waals surface area contributed by atoms with Crippen LogP contribution < -0.4 is 24.4 Å². The molecule has 7 nitrogen and oxygen atoms in total. The standard InChI is InChI=1S/C31H26BrIN2O5S/c1-4-23-26(30(37)39-3)27(19-8-6-5-7-9-19)35-29(36)25(41-31(35)34-23)15-20-14-22(33)16-24(38-2)28(20)40-17-18-10-12-21(32)13-11-18/h5-16,27H,4,17H2,1-3H3/b25-15+/t27-/m1/s1. The smallest absolute Gasteiger partial charge is 0.338 e. The zero-order chi connectivity index (χ0) is 29.1. The highest BCUT2D eigenvalue weighted by Gasteiger charge is 2.33. The summed E-state index contributed by atoms with van der Waals surface area (Å²) < 4.78 is 21.0. The lowest BCUT2D eigenvalue weighted by atomic mass is 9.95. The van der Waals surface area contributed by atoms with E-state index in [9.17, 15) is 9.59 Å². The number of esters is 1. The molecule has 0 aliphatic carbocycles. The van der Waals surface area contributed by atoms with Gasteiger partial charge in [0.2, 0.25) is 0 Å². The fourth-order valence-electron chi connectivity index (χ4n) is 4.69. The highest BCUT2D eigenvalue weighted by Crippen LogP contribution is 2.35. The fraction of sp³-hybridized carbons (Fsp3) is 0.194. The van der Waals surface area contributed by atoms with Crippen LogP contribution in [0.5, 0.6) is 11.5 Å². The Balaban J connectivity index is 1.67. The summed E-state index contributed by atoms with van der Waals surface area (Å²) in [4.78, 5) is 32.3. The first-order chi connectivity index (χ1) is 19.8. The summed E-state index contributed by atoms with van der Waals surface area (Å²) in [6.45, 7) is 2.26. The molecule has 0 radical (unpaired) electrons. The number of halogens is 2. The van der Waals surface area contributed by atoms with Gasteiger partial charge in [0, 0.05) is 13.6 Å². The van der Waals surface area contributed by atoms with Crippen molar-refractivity contribution in [3.8, 4) is 11.5 Å². The topological polar surface area (TPSA) is 79.1 Å². The number of benzene rings is 3. The summed E-state index contributed by atoms with van der Waals surface area (Å²) in [5, 5.41) is 0. The summed E-state index contributed by atoms with van der Waals surface area (Å²) in [5.41, 5.74) is 3.22. The SMILES string of the molecule is CCC1=C(C(=O)OC)[C@@H](c2ccccc2)n2c(s/c(=C/c3cc(I)cc(OC)c3OCc3ccc(Br)cc3)c2=O)=N1. The van der Waals surface area contributed by atoms with Crippen molar-refractivity contribution in [1.29, 1.82) is 0 Å². The molecule has 0 spiro atoms. The Bertz CT molecular complexity index is 1810. The van der Waals surface area contributed by atoms with Crippen molar-refractivity contribution in [2.75, 3.05) is 14.2 Å². The molecule has 1 atom stereocenters. The minimum Gasteiger partial charge on any atom is -0.493 e. The number of hydrogen-bond donors (Lipinski definition) is 0. The van der Waals surface area contributed by atoms with Crippen LogP contribution in [-0.4, -0.2) is 24.8 Å². The number of carbonyl (C=O) groups excluding carboxylic acids is 1. The van der Waals surface area contributed by atoms with E-state index < -0.39 is 12.0 Å². The number of methoxy groups -OCH3 is 2. The second-order valence-corrected chi connectivity index (χ2v) is 12.3. The normalized spacial score (nSPS) is 14.9. The van der Waals surface area contributed by atoms with Gasteiger partial charge in [-0.3, -0.25) is 9.36 Å². The van der Waals surface area contributed by atoms with Gasteiger partial charge in [0.25, 0.3) is 5.56 Å². The fourth-order valence-corrected chi connectivity index (χ4v) is 6.59. The lowest BCUT2D eigenvalue weighted by molar-refractivity contribution is -0.136. The number of thiazole rings is 1. The van der Waals surface area contributed by atoms with E-state index in [1.54, 1.807) is 17.8 Å². The van der Waals surface area contributed by atoms with Gasteiger partial charge in [0.05, 0.1) is 36.1 Å². The maximum absolute atomic E-state index is 14.0. The first-order valence-electron chi connectivity index (χ1n) is 12.8. The molecule has 0 saturated carbocycles. The third-order valence-electron chi connectivity index (χ3n) is 6.62. The van der Waals surface area contributed by atoms with Gasteiger partial charge in [0.1, 0.15) is 6.61 Å². The van der Waals surface area contributed by atoms with Gasteiger partial charge in [0.15, 0.2) is 16.3 Å². The zero-order valence-corrected chi connectivity index (χ0v) is 27.1. The van der Waals surface area contributed by atoms with Crippen LogP contribution in [0.3, 0.4) is 0 Å². The Morgan fingerprint density at radius 3 is 2.51 bits per heavy atom. The zero-order valence-electron chi connectivity index (χ0n) is 22.5. The van der Waals surface area contributed by atoms with E-state index >= 15 is 0 Å². The molecule has 0 unspecified atom stereocenters. The molecule has 5 rings (SSSR count). The van der Waals surface area contributed by atoms with Crippen molar-refractivity contribution < 1.29 is 19.0 Å². The molecule has 0 saturated heterocycles. The van der Waals surface area contributed by atoms with Gasteiger partial charge in [-0.15, -0.1) is 0 Å². The quantitative estimate of drug-likeness (QED) is 0.170. The minimum atomic E-state index is -0.657. The van der Waals surface area contributed by atoms with Crippen LogP contribution in [0.4, 0.5) is 0 Å². The Morgan fingerprint density at radius 1 is 1.12 bits per heavy atom. The van der Waals surface area contributed by atoms with Gasteiger partial charge < -0.3 is 14.2 Å². The Kier molecular flexibility index (Phi) is 9.10. The van der Waals surface area contributed by atoms with E-state index in [-0.39, 0.29) is 5.56 Å². The van der Waals surface area contributed by atoms with Crippen LogP contribution in [0.2, 0.25) is 0 Å². The Labute approximate surface area is 263 Å². The first kappa shape index (κ1) is 29.3. The molecule has 0 bridgehead atoms. The van der Waals surface area contributed by atoms with Gasteiger partial charge in [-0.05, 0) is 70.5 Å². The van der Waals surface area contributed by atoms with Gasteiger partial charge in [-0.2, -0.15) is 0 Å². The summed E-state index contributed by atoms with van der Waals surface area (Å²) in [5.74, 6) is 0.599. The van der Waals surface area contributed by atoms with Crippen LogP contribution in [0.1, 0.15) is 36.1 Å². The molecular weight excluding hydrogens is 719 g/mol. The van der Waals surface area contributed by atoms with Crippen molar-refractivity contribution in [3.05, 3.63) is 122 Å². The maximum Gasteiger partial charge on any atom is 0.338 e. The maximum atomic E-state index is 14.0. The molecular formula is C31H26BrIN2O5S. The Hall–Kier alpha value is -3.22. The van der Waals surface area contributed by atoms with E-state index in [0.29, 0.717) is 50.7 Å². The van der Waals surface area contributed by atoms with E-state index in [4.69, 9.17) is 19.2 Å².